The van der Waals surface area contributed by atoms with Crippen molar-refractivity contribution in [2.45, 2.75) is 37.6 Å². The van der Waals surface area contributed by atoms with Crippen LogP contribution in [0.4, 0.5) is 0 Å². The number of hydrogen-bond acceptors (Lipinski definition) is 4. The highest BCUT2D eigenvalue weighted by molar-refractivity contribution is 7.89. The molecule has 1 N–H and O–H groups in total. The van der Waals surface area contributed by atoms with Crippen molar-refractivity contribution < 1.29 is 8.42 Å². The second-order valence-electron chi connectivity index (χ2n) is 4.64. The molecule has 0 atom stereocenters. The van der Waals surface area contributed by atoms with Crippen LogP contribution in [0, 0.1) is 0 Å². The largest absolute Gasteiger partial charge is 0.312 e. The number of unbranched alkanes of at least 4 members (excludes halogenated alkanes) is 1. The first-order valence-corrected chi connectivity index (χ1v) is 9.20. The quantitative estimate of drug-likeness (QED) is 0.533. The van der Waals surface area contributed by atoms with E-state index >= 15 is 0 Å². The molecule has 6 heteroatoms. The van der Waals surface area contributed by atoms with Crippen LogP contribution in [-0.2, 0) is 16.6 Å². The van der Waals surface area contributed by atoms with E-state index in [9.17, 15) is 8.42 Å². The third kappa shape index (κ3) is 4.70. The average Bonchev–Trinajstić information content (AvgIpc) is 2.88. The van der Waals surface area contributed by atoms with E-state index in [4.69, 9.17) is 0 Å². The van der Waals surface area contributed by atoms with Crippen molar-refractivity contribution in [2.75, 3.05) is 20.1 Å². The van der Waals surface area contributed by atoms with Crippen LogP contribution in [-0.4, -0.2) is 32.9 Å². The Morgan fingerprint density at radius 2 is 2.25 bits per heavy atom. The van der Waals surface area contributed by atoms with Gasteiger partial charge in [-0.25, -0.2) is 12.7 Å². The van der Waals surface area contributed by atoms with E-state index in [1.165, 1.54) is 15.6 Å². The van der Waals surface area contributed by atoms with Gasteiger partial charge in [-0.1, -0.05) is 13.0 Å². The van der Waals surface area contributed by atoms with E-state index < -0.39 is 10.0 Å². The Hall–Kier alpha value is -0.690. The summed E-state index contributed by atoms with van der Waals surface area (Å²) in [4.78, 5) is 1.32. The number of sulfonamides is 1. The van der Waals surface area contributed by atoms with Crippen molar-refractivity contribution in [1.29, 1.82) is 0 Å². The third-order valence-corrected chi connectivity index (χ3v) is 5.98. The van der Waals surface area contributed by atoms with Crippen LogP contribution < -0.4 is 5.32 Å². The maximum atomic E-state index is 12.5. The van der Waals surface area contributed by atoms with Gasteiger partial charge in [-0.15, -0.1) is 17.9 Å². The zero-order valence-electron chi connectivity index (χ0n) is 12.3. The van der Waals surface area contributed by atoms with Crippen molar-refractivity contribution in [2.24, 2.45) is 0 Å². The molecule has 4 nitrogen and oxygen atoms in total. The van der Waals surface area contributed by atoms with Gasteiger partial charge in [0.1, 0.15) is 0 Å². The van der Waals surface area contributed by atoms with E-state index in [0.29, 0.717) is 18.0 Å². The fraction of sp³-hybridized carbons (Fsp3) is 0.571. The Morgan fingerprint density at radius 3 is 2.90 bits per heavy atom. The second kappa shape index (κ2) is 8.56. The highest BCUT2D eigenvalue weighted by atomic mass is 32.2. The number of hydrogen-bond donors (Lipinski definition) is 1. The molecule has 0 radical (unpaired) electrons. The molecule has 0 amide bonds. The Balaban J connectivity index is 2.76. The summed E-state index contributed by atoms with van der Waals surface area (Å²) in [5.41, 5.74) is 0. The molecule has 0 saturated carbocycles. The van der Waals surface area contributed by atoms with Crippen molar-refractivity contribution in [1.82, 2.24) is 9.62 Å². The van der Waals surface area contributed by atoms with Gasteiger partial charge in [0.25, 0.3) is 0 Å². The summed E-state index contributed by atoms with van der Waals surface area (Å²) in [6.07, 6.45) is 4.47. The Labute approximate surface area is 126 Å². The predicted molar refractivity (Wildman–Crippen MR) is 85.6 cm³/mol. The fourth-order valence-corrected chi connectivity index (χ4v) is 4.40. The molecule has 0 aliphatic rings. The minimum absolute atomic E-state index is 0.437. The topological polar surface area (TPSA) is 49.4 Å². The average molecular weight is 316 g/mol. The Kier molecular flexibility index (Phi) is 7.43. The molecule has 0 aromatic carbocycles. The van der Waals surface area contributed by atoms with Gasteiger partial charge in [0, 0.05) is 25.0 Å². The number of rotatable bonds is 10. The molecule has 0 aliphatic carbocycles. The summed E-state index contributed by atoms with van der Waals surface area (Å²) in [5.74, 6) is 0. The molecule has 0 bridgehead atoms. The maximum absolute atomic E-state index is 12.5. The van der Waals surface area contributed by atoms with E-state index in [-0.39, 0.29) is 0 Å². The van der Waals surface area contributed by atoms with Crippen LogP contribution >= 0.6 is 11.3 Å². The second-order valence-corrected chi connectivity index (χ2v) is 7.66. The van der Waals surface area contributed by atoms with Crippen LogP contribution in [0.5, 0.6) is 0 Å². The van der Waals surface area contributed by atoms with E-state index in [1.54, 1.807) is 13.1 Å². The molecule has 114 valence electrons. The van der Waals surface area contributed by atoms with Crippen LogP contribution in [0.3, 0.4) is 0 Å². The first-order chi connectivity index (χ1) is 9.54. The molecular weight excluding hydrogens is 292 g/mol. The molecule has 1 aromatic heterocycles. The maximum Gasteiger partial charge on any atom is 0.243 e. The van der Waals surface area contributed by atoms with Crippen molar-refractivity contribution in [3.63, 3.8) is 0 Å². The van der Waals surface area contributed by atoms with Gasteiger partial charge in [-0.2, -0.15) is 0 Å². The monoisotopic (exact) mass is 316 g/mol. The zero-order valence-corrected chi connectivity index (χ0v) is 13.9. The molecule has 20 heavy (non-hydrogen) atoms. The number of allylic oxidation sites excluding steroid dienone is 1. The summed E-state index contributed by atoms with van der Waals surface area (Å²) in [7, 11) is -1.74. The molecule has 0 saturated heterocycles. The van der Waals surface area contributed by atoms with E-state index in [2.05, 4.69) is 18.8 Å². The lowest BCUT2D eigenvalue weighted by atomic mass is 10.3. The number of nitrogens with zero attached hydrogens (tertiary/aromatic N) is 1. The molecule has 0 spiro atoms. The first kappa shape index (κ1) is 17.4. The van der Waals surface area contributed by atoms with Crippen LogP contribution in [0.25, 0.3) is 0 Å². The fourth-order valence-electron chi connectivity index (χ4n) is 1.81. The van der Waals surface area contributed by atoms with Gasteiger partial charge in [0.2, 0.25) is 10.0 Å². The summed E-state index contributed by atoms with van der Waals surface area (Å²) in [6.45, 7) is 7.77. The van der Waals surface area contributed by atoms with Crippen LogP contribution in [0.2, 0.25) is 0 Å². The number of thiophene rings is 1. The highest BCUT2D eigenvalue weighted by Crippen LogP contribution is 2.24. The van der Waals surface area contributed by atoms with Gasteiger partial charge in [0.15, 0.2) is 0 Å². The lowest BCUT2D eigenvalue weighted by Crippen LogP contribution is -2.28. The van der Waals surface area contributed by atoms with Crippen molar-refractivity contribution in [3.05, 3.63) is 29.0 Å². The summed E-state index contributed by atoms with van der Waals surface area (Å²) >= 11 is 1.49. The Bertz CT molecular complexity index is 509. The SMILES string of the molecule is C=CCCCN(C)S(=O)(=O)c1ccsc1CNCCC. The van der Waals surface area contributed by atoms with Crippen molar-refractivity contribution >= 4 is 21.4 Å². The van der Waals surface area contributed by atoms with E-state index in [0.717, 1.165) is 30.7 Å². The lowest BCUT2D eigenvalue weighted by molar-refractivity contribution is 0.462. The van der Waals surface area contributed by atoms with Crippen LogP contribution in [0.1, 0.15) is 31.1 Å². The van der Waals surface area contributed by atoms with Gasteiger partial charge < -0.3 is 5.32 Å². The zero-order chi connectivity index (χ0) is 15.0. The molecule has 1 rings (SSSR count). The third-order valence-electron chi connectivity index (χ3n) is 2.99. The van der Waals surface area contributed by atoms with Gasteiger partial charge in [0.05, 0.1) is 4.90 Å². The lowest BCUT2D eigenvalue weighted by Gasteiger charge is -2.17. The first-order valence-electron chi connectivity index (χ1n) is 6.88. The smallest absolute Gasteiger partial charge is 0.243 e. The summed E-state index contributed by atoms with van der Waals surface area (Å²) < 4.78 is 26.5. The molecule has 0 aliphatic heterocycles. The van der Waals surface area contributed by atoms with Crippen molar-refractivity contribution in [3.8, 4) is 0 Å². The molecule has 1 heterocycles. The molecular formula is C14H24N2O2S2. The normalized spacial score (nSPS) is 11.9. The standard InChI is InChI=1S/C14H24N2O2S2/c1-4-6-7-10-16(3)20(17,18)14-8-11-19-13(14)12-15-9-5-2/h4,8,11,15H,1,5-7,9-10,12H2,2-3H3. The molecule has 0 unspecified atom stereocenters. The van der Waals surface area contributed by atoms with Gasteiger partial charge in [-0.05, 0) is 37.3 Å². The number of nitrogens with one attached hydrogen (secondary N) is 1. The summed E-state index contributed by atoms with van der Waals surface area (Å²) in [5, 5.41) is 5.10. The minimum Gasteiger partial charge on any atom is -0.312 e. The van der Waals surface area contributed by atoms with Gasteiger partial charge >= 0.3 is 0 Å². The van der Waals surface area contributed by atoms with E-state index in [1.807, 2.05) is 11.5 Å². The van der Waals surface area contributed by atoms with Gasteiger partial charge in [-0.3, -0.25) is 0 Å². The molecule has 0 fully saturated rings. The Morgan fingerprint density at radius 1 is 1.50 bits per heavy atom. The predicted octanol–water partition coefficient (Wildman–Crippen LogP) is 2.83. The highest BCUT2D eigenvalue weighted by Gasteiger charge is 2.24. The molecule has 1 aromatic rings. The minimum atomic E-state index is -3.37. The van der Waals surface area contributed by atoms with Crippen LogP contribution in [0.15, 0.2) is 29.0 Å². The summed E-state index contributed by atoms with van der Waals surface area (Å²) in [6, 6.07) is 1.70.